The summed E-state index contributed by atoms with van der Waals surface area (Å²) in [6, 6.07) is 10.0. The monoisotopic (exact) mass is 166 g/mol. The Morgan fingerprint density at radius 3 is 1.83 bits per heavy atom. The molecule has 0 fully saturated rings. The number of hydrogen-bond acceptors (Lipinski definition) is 2. The van der Waals surface area contributed by atoms with Gasteiger partial charge >= 0.3 is 0 Å². The predicted molar refractivity (Wildman–Crippen MR) is 50.7 cm³/mol. The molecule has 0 saturated carbocycles. The van der Waals surface area contributed by atoms with Gasteiger partial charge in [-0.1, -0.05) is 43.0 Å². The predicted octanol–water partition coefficient (Wildman–Crippen LogP) is 1.30. The molecule has 0 bridgehead atoms. The van der Waals surface area contributed by atoms with Gasteiger partial charge in [0.25, 0.3) is 0 Å². The second-order valence-corrected chi connectivity index (χ2v) is 2.06. The molecule has 0 saturated heterocycles. The molecule has 2 heteroatoms. The lowest BCUT2D eigenvalue weighted by atomic mass is 10.2. The van der Waals surface area contributed by atoms with Crippen LogP contribution in [0.3, 0.4) is 0 Å². The highest BCUT2D eigenvalue weighted by atomic mass is 16.3. The van der Waals surface area contributed by atoms with E-state index in [1.54, 1.807) is 0 Å². The van der Waals surface area contributed by atoms with Crippen molar-refractivity contribution in [2.24, 2.45) is 0 Å². The summed E-state index contributed by atoms with van der Waals surface area (Å²) in [5.74, 6) is 0. The van der Waals surface area contributed by atoms with E-state index < -0.39 is 0 Å². The summed E-state index contributed by atoms with van der Waals surface area (Å²) in [6.45, 7) is 3.38. The van der Waals surface area contributed by atoms with Crippen LogP contribution in [-0.4, -0.2) is 23.4 Å². The molecule has 0 aromatic heterocycles. The number of aliphatic hydroxyl groups is 2. The van der Waals surface area contributed by atoms with Crippen LogP contribution in [0.25, 0.3) is 6.08 Å². The van der Waals surface area contributed by atoms with Crippen LogP contribution in [0, 0.1) is 0 Å². The molecule has 66 valence electrons. The van der Waals surface area contributed by atoms with E-state index >= 15 is 0 Å². The molecule has 0 atom stereocenters. The SMILES string of the molecule is C=Cc1ccccc1.OCCO. The second-order valence-electron chi connectivity index (χ2n) is 2.06. The highest BCUT2D eigenvalue weighted by molar-refractivity contribution is 5.45. The van der Waals surface area contributed by atoms with Crippen LogP contribution in [0.4, 0.5) is 0 Å². The Bertz CT molecular complexity index is 192. The number of aliphatic hydroxyl groups excluding tert-OH is 2. The first-order valence-electron chi connectivity index (χ1n) is 3.74. The van der Waals surface area contributed by atoms with Crippen molar-refractivity contribution in [2.75, 3.05) is 13.2 Å². The Balaban J connectivity index is 0.000000261. The second kappa shape index (κ2) is 7.98. The van der Waals surface area contributed by atoms with Gasteiger partial charge in [-0.15, -0.1) is 0 Å². The van der Waals surface area contributed by atoms with E-state index in [1.165, 1.54) is 5.56 Å². The molecule has 0 unspecified atom stereocenters. The van der Waals surface area contributed by atoms with Crippen molar-refractivity contribution in [3.8, 4) is 0 Å². The van der Waals surface area contributed by atoms with Gasteiger partial charge in [-0.05, 0) is 5.56 Å². The summed E-state index contributed by atoms with van der Waals surface area (Å²) < 4.78 is 0. The Hall–Kier alpha value is -1.12. The first-order valence-corrected chi connectivity index (χ1v) is 3.74. The van der Waals surface area contributed by atoms with Gasteiger partial charge in [-0.2, -0.15) is 0 Å². The number of rotatable bonds is 2. The van der Waals surface area contributed by atoms with E-state index in [4.69, 9.17) is 10.2 Å². The molecule has 12 heavy (non-hydrogen) atoms. The normalized spacial score (nSPS) is 8.17. The summed E-state index contributed by atoms with van der Waals surface area (Å²) in [7, 11) is 0. The molecule has 0 heterocycles. The maximum absolute atomic E-state index is 7.62. The zero-order valence-electron chi connectivity index (χ0n) is 6.98. The van der Waals surface area contributed by atoms with Gasteiger partial charge in [0.2, 0.25) is 0 Å². The van der Waals surface area contributed by atoms with Crippen LogP contribution in [0.5, 0.6) is 0 Å². The van der Waals surface area contributed by atoms with E-state index in [9.17, 15) is 0 Å². The lowest BCUT2D eigenvalue weighted by molar-refractivity contribution is 0.186. The van der Waals surface area contributed by atoms with Crippen LogP contribution in [0.15, 0.2) is 36.9 Å². The molecule has 1 rings (SSSR count). The summed E-state index contributed by atoms with van der Waals surface area (Å²) in [6.07, 6.45) is 1.83. The highest BCUT2D eigenvalue weighted by Gasteiger charge is 1.75. The fourth-order valence-electron chi connectivity index (χ4n) is 0.589. The molecule has 2 N–H and O–H groups in total. The molecule has 1 aromatic carbocycles. The average molecular weight is 166 g/mol. The minimum atomic E-state index is -0.125. The third kappa shape index (κ3) is 5.65. The molecular weight excluding hydrogens is 152 g/mol. The first kappa shape index (κ1) is 10.9. The molecule has 0 aliphatic rings. The van der Waals surface area contributed by atoms with Crippen LogP contribution in [0.2, 0.25) is 0 Å². The van der Waals surface area contributed by atoms with E-state index in [2.05, 4.69) is 6.58 Å². The Morgan fingerprint density at radius 1 is 1.08 bits per heavy atom. The molecule has 1 aromatic rings. The largest absolute Gasteiger partial charge is 0.394 e. The van der Waals surface area contributed by atoms with Crippen molar-refractivity contribution in [1.82, 2.24) is 0 Å². The zero-order valence-corrected chi connectivity index (χ0v) is 6.98. The molecule has 2 nitrogen and oxygen atoms in total. The molecule has 0 aliphatic carbocycles. The third-order valence-corrected chi connectivity index (χ3v) is 1.14. The molecule has 0 spiro atoms. The van der Waals surface area contributed by atoms with Gasteiger partial charge < -0.3 is 10.2 Å². The van der Waals surface area contributed by atoms with Crippen molar-refractivity contribution in [1.29, 1.82) is 0 Å². The van der Waals surface area contributed by atoms with Crippen LogP contribution < -0.4 is 0 Å². The summed E-state index contributed by atoms with van der Waals surface area (Å²) in [4.78, 5) is 0. The number of hydrogen-bond donors (Lipinski definition) is 2. The lowest BCUT2D eigenvalue weighted by Crippen LogP contribution is -1.85. The van der Waals surface area contributed by atoms with Crippen molar-refractivity contribution < 1.29 is 10.2 Å². The van der Waals surface area contributed by atoms with Crippen LogP contribution in [-0.2, 0) is 0 Å². The van der Waals surface area contributed by atoms with Crippen molar-refractivity contribution in [2.45, 2.75) is 0 Å². The molecule has 0 radical (unpaired) electrons. The fourth-order valence-corrected chi connectivity index (χ4v) is 0.589. The first-order chi connectivity index (χ1) is 5.85. The number of benzene rings is 1. The van der Waals surface area contributed by atoms with E-state index in [0.29, 0.717) is 0 Å². The minimum absolute atomic E-state index is 0.125. The Labute approximate surface area is 72.8 Å². The topological polar surface area (TPSA) is 40.5 Å². The Morgan fingerprint density at radius 2 is 1.58 bits per heavy atom. The quantitative estimate of drug-likeness (QED) is 0.695. The minimum Gasteiger partial charge on any atom is -0.394 e. The van der Waals surface area contributed by atoms with Crippen molar-refractivity contribution in [3.05, 3.63) is 42.5 Å². The van der Waals surface area contributed by atoms with Gasteiger partial charge in [0.1, 0.15) is 0 Å². The molecule has 0 aliphatic heterocycles. The molecular formula is C10H14O2. The third-order valence-electron chi connectivity index (χ3n) is 1.14. The maximum atomic E-state index is 7.62. The maximum Gasteiger partial charge on any atom is 0.0662 e. The summed E-state index contributed by atoms with van der Waals surface area (Å²) >= 11 is 0. The van der Waals surface area contributed by atoms with Gasteiger partial charge in [0.05, 0.1) is 13.2 Å². The van der Waals surface area contributed by atoms with Gasteiger partial charge in [-0.3, -0.25) is 0 Å². The Kier molecular flexibility index (Phi) is 7.24. The van der Waals surface area contributed by atoms with Crippen LogP contribution in [0.1, 0.15) is 5.56 Å². The van der Waals surface area contributed by atoms with E-state index in [0.717, 1.165) is 0 Å². The van der Waals surface area contributed by atoms with Gasteiger partial charge in [0.15, 0.2) is 0 Å². The standard InChI is InChI=1S/C8H8.C2H6O2/c1-2-8-6-4-3-5-7-8;3-1-2-4/h2-7H,1H2;3-4H,1-2H2. The van der Waals surface area contributed by atoms with E-state index in [1.807, 2.05) is 36.4 Å². The van der Waals surface area contributed by atoms with Crippen molar-refractivity contribution >= 4 is 6.08 Å². The smallest absolute Gasteiger partial charge is 0.0662 e. The summed E-state index contributed by atoms with van der Waals surface area (Å²) in [5.41, 5.74) is 1.17. The average Bonchev–Trinajstić information content (AvgIpc) is 2.19. The lowest BCUT2D eigenvalue weighted by Gasteiger charge is -1.85. The van der Waals surface area contributed by atoms with Crippen molar-refractivity contribution in [3.63, 3.8) is 0 Å². The zero-order chi connectivity index (χ0) is 9.23. The summed E-state index contributed by atoms with van der Waals surface area (Å²) in [5, 5.41) is 15.2. The van der Waals surface area contributed by atoms with Gasteiger partial charge in [0, 0.05) is 0 Å². The fraction of sp³-hybridized carbons (Fsp3) is 0.200. The van der Waals surface area contributed by atoms with Crippen LogP contribution >= 0.6 is 0 Å². The van der Waals surface area contributed by atoms with Gasteiger partial charge in [-0.25, -0.2) is 0 Å². The molecule has 0 amide bonds. The van der Waals surface area contributed by atoms with E-state index in [-0.39, 0.29) is 13.2 Å². The highest BCUT2D eigenvalue weighted by Crippen LogP contribution is 1.97.